The molecule has 2 heterocycles. The molecular weight excluding hydrogens is 492 g/mol. The van der Waals surface area contributed by atoms with E-state index in [2.05, 4.69) is 0 Å². The van der Waals surface area contributed by atoms with Crippen LogP contribution in [0.25, 0.3) is 0 Å². The van der Waals surface area contributed by atoms with E-state index >= 15 is 0 Å². The minimum atomic E-state index is -1.45. The smallest absolute Gasteiger partial charge is 0.335 e. The lowest BCUT2D eigenvalue weighted by Crippen LogP contribution is -2.72. The maximum atomic E-state index is 12.2. The van der Waals surface area contributed by atoms with E-state index in [1.807, 2.05) is 24.3 Å². The summed E-state index contributed by atoms with van der Waals surface area (Å²) in [6, 6.07) is 12.8. The average molecular weight is 523 g/mol. The van der Waals surface area contributed by atoms with Crippen molar-refractivity contribution >= 4 is 17.6 Å². The number of hydrogen-bond acceptors (Lipinski definition) is 8. The molecule has 0 unspecified atom stereocenters. The monoisotopic (exact) mass is 522 g/mol. The SMILES string of the molecule is COc1ccc(Cc2cc([C@@H]3O[C@H](C(=O)O)[C@H]4O[C@](C)(OC)[C@@](C)(OC)O[C@@H]4[C@H]3O)ccc2Cl)cc1. The zero-order valence-corrected chi connectivity index (χ0v) is 21.5. The van der Waals surface area contributed by atoms with Crippen LogP contribution in [0.5, 0.6) is 5.75 Å². The first-order valence-corrected chi connectivity index (χ1v) is 11.9. The highest BCUT2D eigenvalue weighted by atomic mass is 35.5. The van der Waals surface area contributed by atoms with Crippen molar-refractivity contribution in [2.24, 2.45) is 0 Å². The number of carboxylic acids is 1. The van der Waals surface area contributed by atoms with Crippen LogP contribution in [0.4, 0.5) is 0 Å². The molecule has 10 heteroatoms. The number of carbonyl (C=O) groups is 1. The highest BCUT2D eigenvalue weighted by Gasteiger charge is 2.63. The van der Waals surface area contributed by atoms with E-state index in [4.69, 9.17) is 40.0 Å². The summed E-state index contributed by atoms with van der Waals surface area (Å²) in [6.45, 7) is 3.18. The second-order valence-electron chi connectivity index (χ2n) is 9.15. The van der Waals surface area contributed by atoms with Gasteiger partial charge in [0.15, 0.2) is 6.10 Å². The van der Waals surface area contributed by atoms with Gasteiger partial charge >= 0.3 is 5.97 Å². The van der Waals surface area contributed by atoms with Crippen molar-refractivity contribution in [3.05, 3.63) is 64.2 Å². The van der Waals surface area contributed by atoms with Crippen molar-refractivity contribution in [3.63, 3.8) is 0 Å². The summed E-state index contributed by atoms with van der Waals surface area (Å²) < 4.78 is 34.3. The fourth-order valence-corrected chi connectivity index (χ4v) is 4.85. The molecule has 4 rings (SSSR count). The summed E-state index contributed by atoms with van der Waals surface area (Å²) in [5.41, 5.74) is 2.35. The molecule has 36 heavy (non-hydrogen) atoms. The van der Waals surface area contributed by atoms with Crippen LogP contribution in [-0.4, -0.2) is 73.5 Å². The van der Waals surface area contributed by atoms with Crippen LogP contribution in [0.2, 0.25) is 5.02 Å². The molecule has 0 spiro atoms. The maximum Gasteiger partial charge on any atom is 0.335 e. The molecule has 2 aromatic carbocycles. The molecule has 7 atom stereocenters. The van der Waals surface area contributed by atoms with Crippen LogP contribution < -0.4 is 4.74 Å². The molecule has 0 bridgehead atoms. The summed E-state index contributed by atoms with van der Waals surface area (Å²) in [5, 5.41) is 21.8. The molecule has 0 aliphatic carbocycles. The molecule has 0 saturated carbocycles. The van der Waals surface area contributed by atoms with Gasteiger partial charge in [-0.25, -0.2) is 4.79 Å². The quantitative estimate of drug-likeness (QED) is 0.565. The Morgan fingerprint density at radius 2 is 1.61 bits per heavy atom. The Hall–Kier alpha value is -2.24. The van der Waals surface area contributed by atoms with Crippen LogP contribution in [-0.2, 0) is 34.9 Å². The van der Waals surface area contributed by atoms with Crippen molar-refractivity contribution in [2.45, 2.75) is 62.4 Å². The first kappa shape index (κ1) is 26.8. The number of fused-ring (bicyclic) bond motifs is 1. The number of hydrogen-bond donors (Lipinski definition) is 2. The van der Waals surface area contributed by atoms with Gasteiger partial charge in [-0.15, -0.1) is 0 Å². The third kappa shape index (κ3) is 4.72. The Morgan fingerprint density at radius 1 is 1.00 bits per heavy atom. The van der Waals surface area contributed by atoms with E-state index in [-0.39, 0.29) is 0 Å². The number of rotatable bonds is 7. The van der Waals surface area contributed by atoms with Crippen LogP contribution in [0.3, 0.4) is 0 Å². The fraction of sp³-hybridized carbons (Fsp3) is 0.500. The molecule has 0 amide bonds. The van der Waals surface area contributed by atoms with Crippen LogP contribution in [0, 0.1) is 0 Å². The summed E-state index contributed by atoms with van der Waals surface area (Å²) in [6.07, 6.45) is -5.42. The lowest BCUT2D eigenvalue weighted by molar-refractivity contribution is -0.470. The van der Waals surface area contributed by atoms with E-state index in [0.29, 0.717) is 17.0 Å². The van der Waals surface area contributed by atoms with Crippen LogP contribution in [0.15, 0.2) is 42.5 Å². The van der Waals surface area contributed by atoms with E-state index in [9.17, 15) is 15.0 Å². The van der Waals surface area contributed by atoms with Crippen molar-refractivity contribution in [3.8, 4) is 5.75 Å². The van der Waals surface area contributed by atoms with Gasteiger partial charge < -0.3 is 38.6 Å². The highest BCUT2D eigenvalue weighted by Crippen LogP contribution is 2.46. The average Bonchev–Trinajstić information content (AvgIpc) is 2.87. The van der Waals surface area contributed by atoms with Gasteiger partial charge in [0.1, 0.15) is 30.2 Å². The molecule has 0 aromatic heterocycles. The molecule has 2 N–H and O–H groups in total. The van der Waals surface area contributed by atoms with Gasteiger partial charge in [0.2, 0.25) is 11.6 Å². The molecule has 2 aromatic rings. The molecule has 196 valence electrons. The number of halogens is 1. The first-order valence-electron chi connectivity index (χ1n) is 11.5. The molecule has 2 aliphatic heterocycles. The summed E-state index contributed by atoms with van der Waals surface area (Å²) >= 11 is 6.48. The second-order valence-corrected chi connectivity index (χ2v) is 9.55. The minimum absolute atomic E-state index is 0.515. The Bertz CT molecular complexity index is 1090. The zero-order valence-electron chi connectivity index (χ0n) is 20.8. The number of aliphatic hydroxyl groups excluding tert-OH is 1. The molecular formula is C26H31ClO9. The highest BCUT2D eigenvalue weighted by molar-refractivity contribution is 6.31. The lowest BCUT2D eigenvalue weighted by atomic mass is 9.87. The Balaban J connectivity index is 1.66. The van der Waals surface area contributed by atoms with Crippen LogP contribution in [0.1, 0.15) is 36.6 Å². The maximum absolute atomic E-state index is 12.2. The predicted octanol–water partition coefficient (Wildman–Crippen LogP) is 3.33. The second kappa shape index (κ2) is 10.3. The first-order chi connectivity index (χ1) is 17.1. The van der Waals surface area contributed by atoms with Gasteiger partial charge in [-0.3, -0.25) is 0 Å². The van der Waals surface area contributed by atoms with Crippen molar-refractivity contribution in [1.29, 1.82) is 0 Å². The topological polar surface area (TPSA) is 113 Å². The largest absolute Gasteiger partial charge is 0.497 e. The number of carboxylic acid groups (broad SMARTS) is 1. The molecule has 0 radical (unpaired) electrons. The minimum Gasteiger partial charge on any atom is -0.497 e. The summed E-state index contributed by atoms with van der Waals surface area (Å²) in [5.74, 6) is -3.38. The standard InChI is InChI=1S/C26H31ClO9/c1-25(32-4)26(2,33-5)36-22-21(35-25)19(28)20(34-23(22)24(29)30)15-8-11-18(27)16(13-15)12-14-6-9-17(31-3)10-7-14/h6-11,13,19-23,28H,12H2,1-5H3,(H,29,30)/t19-,20-,21+,22-,23-,25-,26-/m0/s1. The molecule has 2 aliphatic rings. The van der Waals surface area contributed by atoms with Gasteiger partial charge in [0, 0.05) is 19.2 Å². The number of benzene rings is 2. The Kier molecular flexibility index (Phi) is 7.64. The van der Waals surface area contributed by atoms with Crippen molar-refractivity contribution in [2.75, 3.05) is 21.3 Å². The van der Waals surface area contributed by atoms with Crippen LogP contribution >= 0.6 is 11.6 Å². The van der Waals surface area contributed by atoms with Crippen molar-refractivity contribution in [1.82, 2.24) is 0 Å². The third-order valence-electron chi connectivity index (χ3n) is 7.08. The predicted molar refractivity (Wildman–Crippen MR) is 129 cm³/mol. The Labute approximate surface area is 214 Å². The number of aliphatic hydroxyl groups is 1. The Morgan fingerprint density at radius 3 is 2.17 bits per heavy atom. The fourth-order valence-electron chi connectivity index (χ4n) is 4.67. The normalized spacial score (nSPS) is 34.1. The van der Waals surface area contributed by atoms with Gasteiger partial charge in [-0.1, -0.05) is 35.9 Å². The third-order valence-corrected chi connectivity index (χ3v) is 7.45. The molecule has 9 nitrogen and oxygen atoms in total. The molecule has 2 saturated heterocycles. The lowest BCUT2D eigenvalue weighted by Gasteiger charge is -2.56. The van der Waals surface area contributed by atoms with E-state index in [1.165, 1.54) is 14.2 Å². The van der Waals surface area contributed by atoms with Gasteiger partial charge in [-0.05, 0) is 55.2 Å². The number of aliphatic carboxylic acids is 1. The van der Waals surface area contributed by atoms with E-state index in [0.717, 1.165) is 16.9 Å². The van der Waals surface area contributed by atoms with Gasteiger partial charge in [0.05, 0.1) is 7.11 Å². The van der Waals surface area contributed by atoms with E-state index in [1.54, 1.807) is 39.2 Å². The molecule has 2 fully saturated rings. The summed E-state index contributed by atoms with van der Waals surface area (Å²) in [7, 11) is 4.42. The van der Waals surface area contributed by atoms with Crippen molar-refractivity contribution < 1.29 is 43.4 Å². The number of ether oxygens (including phenoxy) is 6. The number of methoxy groups -OCH3 is 3. The summed E-state index contributed by atoms with van der Waals surface area (Å²) in [4.78, 5) is 12.2. The zero-order chi connectivity index (χ0) is 26.3. The van der Waals surface area contributed by atoms with Gasteiger partial charge in [-0.2, -0.15) is 0 Å². The van der Waals surface area contributed by atoms with E-state index < -0.39 is 48.1 Å². The van der Waals surface area contributed by atoms with Gasteiger partial charge in [0.25, 0.3) is 0 Å².